The lowest BCUT2D eigenvalue weighted by Gasteiger charge is -2.24. The van der Waals surface area contributed by atoms with E-state index < -0.39 is 11.4 Å². The third-order valence-electron chi connectivity index (χ3n) is 2.57. The summed E-state index contributed by atoms with van der Waals surface area (Å²) in [5.41, 5.74) is -1.09. The van der Waals surface area contributed by atoms with Gasteiger partial charge in [-0.25, -0.2) is 0 Å². The highest BCUT2D eigenvalue weighted by Crippen LogP contribution is 2.19. The molecule has 0 aromatic rings. The number of rotatable bonds is 8. The van der Waals surface area contributed by atoms with Crippen molar-refractivity contribution in [2.75, 3.05) is 40.5 Å². The van der Waals surface area contributed by atoms with Gasteiger partial charge in [-0.3, -0.25) is 14.5 Å². The van der Waals surface area contributed by atoms with Crippen molar-refractivity contribution in [2.24, 2.45) is 5.41 Å². The quantitative estimate of drug-likeness (QED) is 0.466. The molecule has 0 radical (unpaired) electrons. The molecule has 0 rings (SSSR count). The molecule has 17 heavy (non-hydrogen) atoms. The van der Waals surface area contributed by atoms with Crippen LogP contribution in [0.5, 0.6) is 0 Å². The molecule has 0 aliphatic carbocycles. The molecule has 0 spiro atoms. The minimum Gasteiger partial charge on any atom is -0.465 e. The maximum Gasteiger partial charge on any atom is 0.319 e. The smallest absolute Gasteiger partial charge is 0.319 e. The minimum atomic E-state index is -1.09. The Kier molecular flexibility index (Phi) is 6.99. The first-order valence-electron chi connectivity index (χ1n) is 5.74. The van der Waals surface area contributed by atoms with Crippen LogP contribution in [0.2, 0.25) is 0 Å². The molecule has 0 heterocycles. The summed E-state index contributed by atoms with van der Waals surface area (Å²) in [6, 6.07) is 0. The van der Waals surface area contributed by atoms with E-state index in [1.165, 1.54) is 0 Å². The maximum absolute atomic E-state index is 12.0. The van der Waals surface area contributed by atoms with Gasteiger partial charge in [0.15, 0.2) is 5.78 Å². The number of carbonyl (C=O) groups is 2. The van der Waals surface area contributed by atoms with Gasteiger partial charge in [-0.15, -0.1) is 0 Å². The fourth-order valence-electron chi connectivity index (χ4n) is 1.19. The van der Waals surface area contributed by atoms with E-state index in [0.717, 1.165) is 0 Å². The van der Waals surface area contributed by atoms with E-state index in [1.54, 1.807) is 27.9 Å². The van der Waals surface area contributed by atoms with Crippen molar-refractivity contribution in [2.45, 2.75) is 20.8 Å². The van der Waals surface area contributed by atoms with Gasteiger partial charge in [-0.1, -0.05) is 0 Å². The molecular weight excluding hydrogens is 222 g/mol. The van der Waals surface area contributed by atoms with Gasteiger partial charge in [0.05, 0.1) is 19.8 Å². The Balaban J connectivity index is 4.33. The second-order valence-corrected chi connectivity index (χ2v) is 4.50. The topological polar surface area (TPSA) is 55.8 Å². The van der Waals surface area contributed by atoms with E-state index >= 15 is 0 Å². The molecule has 0 aromatic heterocycles. The van der Waals surface area contributed by atoms with E-state index in [4.69, 9.17) is 9.47 Å². The van der Waals surface area contributed by atoms with Crippen molar-refractivity contribution in [3.8, 4) is 0 Å². The van der Waals surface area contributed by atoms with E-state index in [2.05, 4.69) is 0 Å². The third kappa shape index (κ3) is 5.28. The van der Waals surface area contributed by atoms with Gasteiger partial charge < -0.3 is 9.47 Å². The number of likely N-dealkylation sites (N-methyl/N-ethyl adjacent to an activating group) is 1. The average molecular weight is 245 g/mol. The molecule has 0 bridgehead atoms. The van der Waals surface area contributed by atoms with Crippen LogP contribution in [0.4, 0.5) is 0 Å². The standard InChI is InChI=1S/C12H23NO4/c1-6-17-11(15)12(2,3)10(14)9-13(4)7-8-16-5/h6-9H2,1-5H3. The van der Waals surface area contributed by atoms with Crippen LogP contribution in [0.15, 0.2) is 0 Å². The number of esters is 1. The van der Waals surface area contributed by atoms with Crippen LogP contribution >= 0.6 is 0 Å². The van der Waals surface area contributed by atoms with Crippen molar-refractivity contribution in [3.05, 3.63) is 0 Å². The number of Topliss-reactive ketones (excluding diaryl/α,β-unsaturated/α-hetero) is 1. The van der Waals surface area contributed by atoms with Crippen LogP contribution in [0.3, 0.4) is 0 Å². The summed E-state index contributed by atoms with van der Waals surface area (Å²) in [7, 11) is 3.43. The first kappa shape index (κ1) is 16.1. The lowest BCUT2D eigenvalue weighted by Crippen LogP contribution is -2.41. The number of nitrogens with zero attached hydrogens (tertiary/aromatic N) is 1. The summed E-state index contributed by atoms with van der Waals surface area (Å²) in [5.74, 6) is -0.611. The average Bonchev–Trinajstić information content (AvgIpc) is 2.26. The number of ketones is 1. The van der Waals surface area contributed by atoms with Crippen LogP contribution in [0.1, 0.15) is 20.8 Å². The zero-order valence-electron chi connectivity index (χ0n) is 11.4. The molecular formula is C12H23NO4. The fraction of sp³-hybridized carbons (Fsp3) is 0.833. The molecule has 5 nitrogen and oxygen atoms in total. The largest absolute Gasteiger partial charge is 0.465 e. The Morgan fingerprint density at radius 3 is 2.35 bits per heavy atom. The SMILES string of the molecule is CCOC(=O)C(C)(C)C(=O)CN(C)CCOC. The first-order valence-corrected chi connectivity index (χ1v) is 5.74. The Labute approximate surface area is 103 Å². The maximum atomic E-state index is 12.0. The van der Waals surface area contributed by atoms with E-state index in [1.807, 2.05) is 11.9 Å². The van der Waals surface area contributed by atoms with Crippen LogP contribution in [0.25, 0.3) is 0 Å². The second-order valence-electron chi connectivity index (χ2n) is 4.50. The third-order valence-corrected chi connectivity index (χ3v) is 2.57. The summed E-state index contributed by atoms with van der Waals surface area (Å²) in [4.78, 5) is 25.4. The van der Waals surface area contributed by atoms with Gasteiger partial charge in [-0.2, -0.15) is 0 Å². The first-order chi connectivity index (χ1) is 7.86. The fourth-order valence-corrected chi connectivity index (χ4v) is 1.19. The monoisotopic (exact) mass is 245 g/mol. The predicted octanol–water partition coefficient (Wildman–Crippen LogP) is 0.723. The van der Waals surface area contributed by atoms with Gasteiger partial charge in [0.25, 0.3) is 0 Å². The Hall–Kier alpha value is -0.940. The number of carbonyl (C=O) groups excluding carboxylic acids is 2. The molecule has 0 saturated heterocycles. The Morgan fingerprint density at radius 1 is 1.29 bits per heavy atom. The zero-order chi connectivity index (χ0) is 13.5. The lowest BCUT2D eigenvalue weighted by molar-refractivity contribution is -0.158. The molecule has 5 heteroatoms. The predicted molar refractivity (Wildman–Crippen MR) is 64.8 cm³/mol. The summed E-state index contributed by atoms with van der Waals surface area (Å²) in [6.07, 6.45) is 0. The summed E-state index contributed by atoms with van der Waals surface area (Å²) >= 11 is 0. The van der Waals surface area contributed by atoms with Gasteiger partial charge in [0, 0.05) is 13.7 Å². The molecule has 0 fully saturated rings. The molecule has 0 saturated carbocycles. The summed E-state index contributed by atoms with van der Waals surface area (Å²) < 4.78 is 9.81. The summed E-state index contributed by atoms with van der Waals surface area (Å²) in [5, 5.41) is 0. The lowest BCUT2D eigenvalue weighted by atomic mass is 9.88. The van der Waals surface area contributed by atoms with Crippen molar-refractivity contribution < 1.29 is 19.1 Å². The number of ether oxygens (including phenoxy) is 2. The Morgan fingerprint density at radius 2 is 1.88 bits per heavy atom. The molecule has 0 aliphatic heterocycles. The highest BCUT2D eigenvalue weighted by Gasteiger charge is 2.37. The number of hydrogen-bond donors (Lipinski definition) is 0. The second kappa shape index (κ2) is 7.40. The normalized spacial score (nSPS) is 11.6. The van der Waals surface area contributed by atoms with Crippen molar-refractivity contribution in [1.82, 2.24) is 4.90 Å². The van der Waals surface area contributed by atoms with Crippen LogP contribution < -0.4 is 0 Å². The van der Waals surface area contributed by atoms with Crippen molar-refractivity contribution in [3.63, 3.8) is 0 Å². The summed E-state index contributed by atoms with van der Waals surface area (Å²) in [6.45, 7) is 6.63. The zero-order valence-corrected chi connectivity index (χ0v) is 11.4. The number of methoxy groups -OCH3 is 1. The van der Waals surface area contributed by atoms with Gasteiger partial charge in [-0.05, 0) is 27.8 Å². The highest BCUT2D eigenvalue weighted by atomic mass is 16.5. The molecule has 0 amide bonds. The Bertz CT molecular complexity index is 263. The van der Waals surface area contributed by atoms with Crippen LogP contribution in [-0.2, 0) is 19.1 Å². The van der Waals surface area contributed by atoms with Crippen LogP contribution in [-0.4, -0.2) is 57.1 Å². The minimum absolute atomic E-state index is 0.144. The molecule has 100 valence electrons. The molecule has 0 aromatic carbocycles. The van der Waals surface area contributed by atoms with Gasteiger partial charge in [0.2, 0.25) is 0 Å². The highest BCUT2D eigenvalue weighted by molar-refractivity contribution is 6.03. The molecule has 0 unspecified atom stereocenters. The number of hydrogen-bond acceptors (Lipinski definition) is 5. The van der Waals surface area contributed by atoms with Gasteiger partial charge in [0.1, 0.15) is 5.41 Å². The molecule has 0 N–H and O–H groups in total. The molecule has 0 atom stereocenters. The van der Waals surface area contributed by atoms with Gasteiger partial charge >= 0.3 is 5.97 Å². The van der Waals surface area contributed by atoms with Crippen molar-refractivity contribution in [1.29, 1.82) is 0 Å². The molecule has 0 aliphatic rings. The van der Waals surface area contributed by atoms with E-state index in [0.29, 0.717) is 13.2 Å². The van der Waals surface area contributed by atoms with Crippen LogP contribution in [0, 0.1) is 5.41 Å². The van der Waals surface area contributed by atoms with E-state index in [9.17, 15) is 9.59 Å². The van der Waals surface area contributed by atoms with E-state index in [-0.39, 0.29) is 18.9 Å². The van der Waals surface area contributed by atoms with Crippen molar-refractivity contribution >= 4 is 11.8 Å².